The number of hydrogen-bond donors (Lipinski definition) is 1. The highest BCUT2D eigenvalue weighted by Crippen LogP contribution is 2.32. The Kier molecular flexibility index (Phi) is 3.90. The van der Waals surface area contributed by atoms with E-state index in [0.29, 0.717) is 5.92 Å². The van der Waals surface area contributed by atoms with Crippen molar-refractivity contribution in [2.75, 3.05) is 11.9 Å². The van der Waals surface area contributed by atoms with Gasteiger partial charge in [-0.05, 0) is 23.6 Å². The molecule has 20 heavy (non-hydrogen) atoms. The number of hydrogen-bond acceptors (Lipinski definition) is 3. The Morgan fingerprint density at radius 1 is 1.20 bits per heavy atom. The zero-order valence-corrected chi connectivity index (χ0v) is 12.7. The van der Waals surface area contributed by atoms with Gasteiger partial charge in [0, 0.05) is 6.54 Å². The molecule has 1 N–H and O–H groups in total. The zero-order valence-electron chi connectivity index (χ0n) is 11.1. The maximum Gasteiger partial charge on any atom is 0.106 e. The highest BCUT2D eigenvalue weighted by Gasteiger charge is 2.10. The predicted molar refractivity (Wildman–Crippen MR) is 88.0 cm³/mol. The van der Waals surface area contributed by atoms with Crippen LogP contribution in [-0.2, 0) is 0 Å². The van der Waals surface area contributed by atoms with Crippen molar-refractivity contribution in [3.8, 4) is 0 Å². The van der Waals surface area contributed by atoms with Gasteiger partial charge in [-0.25, -0.2) is 4.98 Å². The average molecular weight is 303 g/mol. The Labute approximate surface area is 127 Å². The number of aromatic nitrogens is 1. The molecule has 0 fully saturated rings. The van der Waals surface area contributed by atoms with E-state index in [2.05, 4.69) is 41.5 Å². The van der Waals surface area contributed by atoms with Crippen LogP contribution < -0.4 is 5.32 Å². The van der Waals surface area contributed by atoms with Gasteiger partial charge in [-0.1, -0.05) is 48.9 Å². The van der Waals surface area contributed by atoms with E-state index in [1.807, 2.05) is 23.7 Å². The maximum absolute atomic E-state index is 6.29. The molecule has 2 nitrogen and oxygen atoms in total. The summed E-state index contributed by atoms with van der Waals surface area (Å²) in [7, 11) is 0. The zero-order chi connectivity index (χ0) is 13.9. The number of benzene rings is 2. The summed E-state index contributed by atoms with van der Waals surface area (Å²) < 4.78 is 1.16. The Morgan fingerprint density at radius 2 is 2.00 bits per heavy atom. The van der Waals surface area contributed by atoms with Crippen LogP contribution in [-0.4, -0.2) is 11.5 Å². The van der Waals surface area contributed by atoms with Gasteiger partial charge < -0.3 is 5.32 Å². The first kappa shape index (κ1) is 13.4. The standard InChI is InChI=1S/C16H15ClN2S/c1-11(12-5-3-2-4-6-12)9-18-15-13(17)7-8-14-16(15)19-10-20-14/h2-8,10-11,18H,9H2,1H3. The van der Waals surface area contributed by atoms with Gasteiger partial charge in [0.1, 0.15) is 5.52 Å². The van der Waals surface area contributed by atoms with Crippen molar-refractivity contribution in [2.24, 2.45) is 0 Å². The van der Waals surface area contributed by atoms with E-state index >= 15 is 0 Å². The van der Waals surface area contributed by atoms with Gasteiger partial charge in [-0.3, -0.25) is 0 Å². The minimum absolute atomic E-state index is 0.418. The number of nitrogens with one attached hydrogen (secondary N) is 1. The molecule has 3 rings (SSSR count). The van der Waals surface area contributed by atoms with Gasteiger partial charge in [-0.15, -0.1) is 11.3 Å². The monoisotopic (exact) mass is 302 g/mol. The second-order valence-corrected chi connectivity index (χ2v) is 6.11. The van der Waals surface area contributed by atoms with Crippen LogP contribution in [0.2, 0.25) is 5.02 Å². The molecule has 0 radical (unpaired) electrons. The van der Waals surface area contributed by atoms with Crippen molar-refractivity contribution in [1.82, 2.24) is 4.98 Å². The molecule has 1 heterocycles. The van der Waals surface area contributed by atoms with E-state index in [-0.39, 0.29) is 0 Å². The molecule has 1 atom stereocenters. The van der Waals surface area contributed by atoms with Crippen molar-refractivity contribution in [2.45, 2.75) is 12.8 Å². The molecule has 2 aromatic carbocycles. The average Bonchev–Trinajstić information content (AvgIpc) is 2.95. The summed E-state index contributed by atoms with van der Waals surface area (Å²) in [6.07, 6.45) is 0. The van der Waals surface area contributed by atoms with Gasteiger partial charge in [0.05, 0.1) is 20.9 Å². The molecule has 102 valence electrons. The molecule has 0 aliphatic carbocycles. The summed E-state index contributed by atoms with van der Waals surface area (Å²) in [6, 6.07) is 14.4. The Morgan fingerprint density at radius 3 is 2.80 bits per heavy atom. The minimum Gasteiger partial charge on any atom is -0.381 e. The number of thiazole rings is 1. The smallest absolute Gasteiger partial charge is 0.106 e. The molecule has 1 aromatic heterocycles. The summed E-state index contributed by atoms with van der Waals surface area (Å²) in [5, 5.41) is 4.18. The normalized spacial score (nSPS) is 12.5. The fraction of sp³-hybridized carbons (Fsp3) is 0.188. The summed E-state index contributed by atoms with van der Waals surface area (Å²) >= 11 is 7.92. The number of fused-ring (bicyclic) bond motifs is 1. The largest absolute Gasteiger partial charge is 0.381 e. The lowest BCUT2D eigenvalue weighted by atomic mass is 10.0. The van der Waals surface area contributed by atoms with Crippen LogP contribution >= 0.6 is 22.9 Å². The summed E-state index contributed by atoms with van der Waals surface area (Å²) in [4.78, 5) is 4.40. The van der Waals surface area contributed by atoms with Gasteiger partial charge in [0.2, 0.25) is 0 Å². The highest BCUT2D eigenvalue weighted by atomic mass is 35.5. The molecule has 3 aromatic rings. The molecule has 0 saturated heterocycles. The molecular weight excluding hydrogens is 288 g/mol. The van der Waals surface area contributed by atoms with E-state index in [1.54, 1.807) is 11.3 Å². The Bertz CT molecular complexity index is 709. The summed E-state index contributed by atoms with van der Waals surface area (Å²) in [5.41, 5.74) is 5.07. The molecule has 0 amide bonds. The van der Waals surface area contributed by atoms with Crippen molar-refractivity contribution < 1.29 is 0 Å². The van der Waals surface area contributed by atoms with Crippen molar-refractivity contribution in [1.29, 1.82) is 0 Å². The first-order valence-electron chi connectivity index (χ1n) is 6.56. The van der Waals surface area contributed by atoms with Crippen molar-refractivity contribution >= 4 is 38.8 Å². The van der Waals surface area contributed by atoms with Gasteiger partial charge in [0.15, 0.2) is 0 Å². The fourth-order valence-corrected chi connectivity index (χ4v) is 3.13. The molecule has 0 spiro atoms. The SMILES string of the molecule is CC(CNc1c(Cl)ccc2scnc12)c1ccccc1. The van der Waals surface area contributed by atoms with Crippen LogP contribution in [0.25, 0.3) is 10.2 Å². The Hall–Kier alpha value is -1.58. The summed E-state index contributed by atoms with van der Waals surface area (Å²) in [6.45, 7) is 3.04. The molecular formula is C16H15ClN2S. The minimum atomic E-state index is 0.418. The van der Waals surface area contributed by atoms with Crippen molar-refractivity contribution in [3.63, 3.8) is 0 Å². The lowest BCUT2D eigenvalue weighted by Gasteiger charge is -2.15. The van der Waals surface area contributed by atoms with Crippen LogP contribution in [0.1, 0.15) is 18.4 Å². The lowest BCUT2D eigenvalue weighted by Crippen LogP contribution is -2.10. The fourth-order valence-electron chi connectivity index (χ4n) is 2.23. The third kappa shape index (κ3) is 2.65. The van der Waals surface area contributed by atoms with E-state index in [1.165, 1.54) is 5.56 Å². The van der Waals surface area contributed by atoms with Gasteiger partial charge in [0.25, 0.3) is 0 Å². The molecule has 0 aliphatic rings. The van der Waals surface area contributed by atoms with Crippen LogP contribution in [0.15, 0.2) is 48.0 Å². The third-order valence-electron chi connectivity index (χ3n) is 3.41. The topological polar surface area (TPSA) is 24.9 Å². The number of rotatable bonds is 4. The van der Waals surface area contributed by atoms with E-state index in [9.17, 15) is 0 Å². The number of nitrogens with zero attached hydrogens (tertiary/aromatic N) is 1. The number of halogens is 1. The van der Waals surface area contributed by atoms with Crippen LogP contribution in [0, 0.1) is 0 Å². The number of anilines is 1. The molecule has 4 heteroatoms. The predicted octanol–water partition coefficient (Wildman–Crippen LogP) is 5.17. The van der Waals surface area contributed by atoms with E-state index < -0.39 is 0 Å². The third-order valence-corrected chi connectivity index (χ3v) is 4.51. The second-order valence-electron chi connectivity index (χ2n) is 4.81. The maximum atomic E-state index is 6.29. The first-order valence-corrected chi connectivity index (χ1v) is 7.82. The van der Waals surface area contributed by atoms with Crippen LogP contribution in [0.4, 0.5) is 5.69 Å². The van der Waals surface area contributed by atoms with Crippen LogP contribution in [0.5, 0.6) is 0 Å². The quantitative estimate of drug-likeness (QED) is 0.719. The summed E-state index contributed by atoms with van der Waals surface area (Å²) in [5.74, 6) is 0.418. The second kappa shape index (κ2) is 5.81. The Balaban J connectivity index is 1.80. The highest BCUT2D eigenvalue weighted by molar-refractivity contribution is 7.16. The molecule has 0 aliphatic heterocycles. The van der Waals surface area contributed by atoms with E-state index in [4.69, 9.17) is 11.6 Å². The molecule has 0 bridgehead atoms. The van der Waals surface area contributed by atoms with Crippen LogP contribution in [0.3, 0.4) is 0 Å². The lowest BCUT2D eigenvalue weighted by molar-refractivity contribution is 0.805. The molecule has 1 unspecified atom stereocenters. The molecule has 0 saturated carbocycles. The van der Waals surface area contributed by atoms with Crippen molar-refractivity contribution in [3.05, 3.63) is 58.6 Å². The van der Waals surface area contributed by atoms with Gasteiger partial charge >= 0.3 is 0 Å². The first-order chi connectivity index (χ1) is 9.75. The van der Waals surface area contributed by atoms with Gasteiger partial charge in [-0.2, -0.15) is 0 Å². The van der Waals surface area contributed by atoms with E-state index in [0.717, 1.165) is 27.5 Å².